The van der Waals surface area contributed by atoms with Gasteiger partial charge in [0.25, 0.3) is 0 Å². The van der Waals surface area contributed by atoms with Gasteiger partial charge in [0.15, 0.2) is 6.29 Å². The molecule has 3 rings (SSSR count). The van der Waals surface area contributed by atoms with Gasteiger partial charge in [0, 0.05) is 24.9 Å². The smallest absolute Gasteiger partial charge is 0.412 e. The van der Waals surface area contributed by atoms with Crippen molar-refractivity contribution in [2.24, 2.45) is 5.41 Å². The second-order valence-electron chi connectivity index (χ2n) is 11.2. The van der Waals surface area contributed by atoms with Gasteiger partial charge in [0.1, 0.15) is 36.0 Å². The Morgan fingerprint density at radius 2 is 1.72 bits per heavy atom. The van der Waals surface area contributed by atoms with Crippen molar-refractivity contribution < 1.29 is 28.2 Å². The summed E-state index contributed by atoms with van der Waals surface area (Å²) >= 11 is 0. The van der Waals surface area contributed by atoms with Crippen LogP contribution in [0.4, 0.5) is 9.18 Å². The zero-order valence-electron chi connectivity index (χ0n) is 22.0. The normalized spacial score (nSPS) is 18.4. The molecule has 2 amide bonds. The molecule has 8 heteroatoms. The Kier molecular flexibility index (Phi) is 7.76. The number of aldehydes is 1. The molecule has 0 unspecified atom stereocenters. The molecular formula is C28H35FN2O5. The highest BCUT2D eigenvalue weighted by Gasteiger charge is 2.52. The summed E-state index contributed by atoms with van der Waals surface area (Å²) in [6.45, 7) is 11.2. The fourth-order valence-corrected chi connectivity index (χ4v) is 4.49. The lowest BCUT2D eigenvalue weighted by Gasteiger charge is -2.39. The molecule has 194 valence electrons. The van der Waals surface area contributed by atoms with Gasteiger partial charge in [-0.3, -0.25) is 14.5 Å². The average molecular weight is 498 g/mol. The first kappa shape index (κ1) is 27.2. The molecule has 1 aliphatic heterocycles. The molecule has 2 atom stereocenters. The number of ether oxygens (including phenoxy) is 2. The maximum absolute atomic E-state index is 15.2. The van der Waals surface area contributed by atoms with Gasteiger partial charge in [-0.15, -0.1) is 0 Å². The van der Waals surface area contributed by atoms with E-state index in [4.69, 9.17) is 9.47 Å². The largest absolute Gasteiger partial charge is 0.488 e. The van der Waals surface area contributed by atoms with E-state index in [1.54, 1.807) is 27.8 Å². The second kappa shape index (κ2) is 10.3. The average Bonchev–Trinajstić information content (AvgIpc) is 3.04. The van der Waals surface area contributed by atoms with Crippen LogP contribution in [0.15, 0.2) is 42.5 Å². The zero-order valence-corrected chi connectivity index (χ0v) is 22.0. The van der Waals surface area contributed by atoms with Crippen LogP contribution in [0, 0.1) is 11.2 Å². The minimum absolute atomic E-state index is 0.110. The molecule has 7 nitrogen and oxygen atoms in total. The molecule has 36 heavy (non-hydrogen) atoms. The molecule has 0 aliphatic carbocycles. The van der Waals surface area contributed by atoms with Crippen molar-refractivity contribution in [2.45, 2.75) is 72.4 Å². The van der Waals surface area contributed by atoms with Gasteiger partial charge in [0.05, 0.1) is 5.56 Å². The maximum Gasteiger partial charge on any atom is 0.412 e. The van der Waals surface area contributed by atoms with Crippen LogP contribution in [0.25, 0.3) is 0 Å². The van der Waals surface area contributed by atoms with Crippen LogP contribution in [0.1, 0.15) is 63.0 Å². The Labute approximate surface area is 212 Å². The number of rotatable bonds is 6. The Morgan fingerprint density at radius 1 is 1.08 bits per heavy atom. The minimum atomic E-state index is -0.987. The van der Waals surface area contributed by atoms with Crippen LogP contribution in [0.2, 0.25) is 0 Å². The Balaban J connectivity index is 1.93. The number of nitrogens with zero attached hydrogens (tertiary/aromatic N) is 2. The van der Waals surface area contributed by atoms with E-state index in [-0.39, 0.29) is 35.8 Å². The van der Waals surface area contributed by atoms with Gasteiger partial charge >= 0.3 is 6.09 Å². The number of carbonyl (C=O) groups is 3. The molecule has 1 fully saturated rings. The van der Waals surface area contributed by atoms with Crippen LogP contribution in [-0.2, 0) is 22.6 Å². The van der Waals surface area contributed by atoms with Crippen LogP contribution >= 0.6 is 0 Å². The standard InChI is InChI=1S/C28H35FN2O5/c1-27(2,3)25-30(7)24(33)22(31(25)26(34)36-28(4,5)6)14-19-13-20(16-32)23(15-21(19)29)35-17-18-11-9-8-10-12-18/h8-13,15-16,22,25H,14,17H2,1-7H3/t22-,25-/m0/s1/i29-1. The first-order chi connectivity index (χ1) is 16.7. The fraction of sp³-hybridized carbons (Fsp3) is 0.464. The van der Waals surface area contributed by atoms with Gasteiger partial charge in [0.2, 0.25) is 5.91 Å². The SMILES string of the molecule is CN1C(=O)[C@H](Cc2cc(C=O)c(OCc3ccccc3)cc2[18F])N(C(=O)OC(C)(C)C)[C@H]1C(C)(C)C. The summed E-state index contributed by atoms with van der Waals surface area (Å²) in [5, 5.41) is 0. The molecule has 1 saturated heterocycles. The predicted molar refractivity (Wildman–Crippen MR) is 134 cm³/mol. The van der Waals surface area contributed by atoms with Crippen molar-refractivity contribution in [3.05, 3.63) is 65.0 Å². The zero-order chi connectivity index (χ0) is 26.8. The highest BCUT2D eigenvalue weighted by atomic mass is 18.2. The van der Waals surface area contributed by atoms with Crippen molar-refractivity contribution in [3.63, 3.8) is 0 Å². The Morgan fingerprint density at radius 3 is 2.28 bits per heavy atom. The molecule has 0 bridgehead atoms. The molecular weight excluding hydrogens is 462 g/mol. The maximum atomic E-state index is 15.2. The van der Waals surface area contributed by atoms with Crippen molar-refractivity contribution in [3.8, 4) is 5.75 Å². The van der Waals surface area contributed by atoms with Crippen LogP contribution in [0.5, 0.6) is 5.75 Å². The van der Waals surface area contributed by atoms with E-state index in [0.29, 0.717) is 6.29 Å². The van der Waals surface area contributed by atoms with Crippen molar-refractivity contribution >= 4 is 18.3 Å². The quantitative estimate of drug-likeness (QED) is 0.512. The van der Waals surface area contributed by atoms with Gasteiger partial charge in [-0.1, -0.05) is 51.1 Å². The first-order valence-corrected chi connectivity index (χ1v) is 11.9. The summed E-state index contributed by atoms with van der Waals surface area (Å²) in [4.78, 5) is 41.3. The number of halogens is 1. The lowest BCUT2D eigenvalue weighted by atomic mass is 9.91. The summed E-state index contributed by atoms with van der Waals surface area (Å²) in [5.41, 5.74) is -0.0874. The molecule has 0 saturated carbocycles. The number of amides is 2. The number of likely N-dealkylation sites (N-methyl/N-ethyl adjacent to an activating group) is 1. The van der Waals surface area contributed by atoms with Crippen molar-refractivity contribution in [2.75, 3.05) is 7.05 Å². The third-order valence-corrected chi connectivity index (χ3v) is 5.93. The van der Waals surface area contributed by atoms with Gasteiger partial charge < -0.3 is 14.4 Å². The lowest BCUT2D eigenvalue weighted by molar-refractivity contribution is -0.129. The number of hydrogen-bond donors (Lipinski definition) is 0. The van der Waals surface area contributed by atoms with E-state index < -0.39 is 35.1 Å². The van der Waals surface area contributed by atoms with Gasteiger partial charge in [-0.25, -0.2) is 9.18 Å². The lowest BCUT2D eigenvalue weighted by Crippen LogP contribution is -2.52. The van der Waals surface area contributed by atoms with Crippen LogP contribution in [-0.4, -0.2) is 52.9 Å². The molecule has 0 spiro atoms. The summed E-state index contributed by atoms with van der Waals surface area (Å²) in [5.74, 6) is -0.832. The Bertz CT molecular complexity index is 1120. The van der Waals surface area contributed by atoms with E-state index in [9.17, 15) is 14.4 Å². The molecule has 0 aromatic heterocycles. The molecule has 2 aromatic carbocycles. The van der Waals surface area contributed by atoms with Gasteiger partial charge in [-0.05, 0) is 38.0 Å². The number of carbonyl (C=O) groups excluding carboxylic acids is 3. The highest BCUT2D eigenvalue weighted by molar-refractivity contribution is 5.90. The summed E-state index contributed by atoms with van der Waals surface area (Å²) in [6, 6.07) is 10.9. The number of hydrogen-bond acceptors (Lipinski definition) is 5. The van der Waals surface area contributed by atoms with Gasteiger partial charge in [-0.2, -0.15) is 0 Å². The summed E-state index contributed by atoms with van der Waals surface area (Å²) < 4.78 is 26.6. The monoisotopic (exact) mass is 497 g/mol. The minimum Gasteiger partial charge on any atom is -0.488 e. The van der Waals surface area contributed by atoms with Crippen molar-refractivity contribution in [1.82, 2.24) is 9.80 Å². The fourth-order valence-electron chi connectivity index (χ4n) is 4.49. The second-order valence-corrected chi connectivity index (χ2v) is 11.2. The summed E-state index contributed by atoms with van der Waals surface area (Å²) in [7, 11) is 1.63. The van der Waals surface area contributed by atoms with E-state index in [2.05, 4.69) is 0 Å². The van der Waals surface area contributed by atoms with E-state index >= 15 is 4.39 Å². The number of benzene rings is 2. The van der Waals surface area contributed by atoms with Crippen molar-refractivity contribution in [1.29, 1.82) is 0 Å². The molecule has 2 aromatic rings. The highest BCUT2D eigenvalue weighted by Crippen LogP contribution is 2.37. The van der Waals surface area contributed by atoms with E-state index in [0.717, 1.165) is 11.6 Å². The molecule has 0 radical (unpaired) electrons. The van der Waals surface area contributed by atoms with E-state index in [1.807, 2.05) is 51.1 Å². The molecule has 1 aliphatic rings. The molecule has 1 heterocycles. The topological polar surface area (TPSA) is 76.2 Å². The summed E-state index contributed by atoms with van der Waals surface area (Å²) in [6.07, 6.45) is -0.758. The van der Waals surface area contributed by atoms with Crippen LogP contribution < -0.4 is 4.74 Å². The third-order valence-electron chi connectivity index (χ3n) is 5.93. The molecule has 0 N–H and O–H groups in total. The Hall–Kier alpha value is -3.42. The van der Waals surface area contributed by atoms with Crippen LogP contribution in [0.3, 0.4) is 0 Å². The first-order valence-electron chi connectivity index (χ1n) is 11.9. The third kappa shape index (κ3) is 6.04. The predicted octanol–water partition coefficient (Wildman–Crippen LogP) is 5.21. The van der Waals surface area contributed by atoms with E-state index in [1.165, 1.54) is 15.9 Å².